The first-order valence-corrected chi connectivity index (χ1v) is 11.1. The molecule has 1 atom stereocenters. The molecule has 2 aromatic rings. The van der Waals surface area contributed by atoms with E-state index in [1.165, 1.54) is 11.1 Å². The van der Waals surface area contributed by atoms with E-state index >= 15 is 0 Å². The summed E-state index contributed by atoms with van der Waals surface area (Å²) in [6.45, 7) is 7.85. The van der Waals surface area contributed by atoms with Crippen molar-refractivity contribution in [1.29, 1.82) is 0 Å². The van der Waals surface area contributed by atoms with Gasteiger partial charge in [0.25, 0.3) is 0 Å². The van der Waals surface area contributed by atoms with Crippen LogP contribution in [0.15, 0.2) is 41.7 Å². The van der Waals surface area contributed by atoms with Crippen molar-refractivity contribution in [2.24, 2.45) is 12.0 Å². The fraction of sp³-hybridized carbons (Fsp3) is 0.565. The van der Waals surface area contributed by atoms with E-state index in [4.69, 9.17) is 14.5 Å². The highest BCUT2D eigenvalue weighted by Crippen LogP contribution is 2.24. The van der Waals surface area contributed by atoms with Gasteiger partial charge >= 0.3 is 0 Å². The number of hydrogen-bond acceptors (Lipinski definition) is 5. The summed E-state index contributed by atoms with van der Waals surface area (Å²) in [5.41, 5.74) is 2.51. The van der Waals surface area contributed by atoms with Crippen LogP contribution in [-0.4, -0.2) is 73.7 Å². The molecule has 31 heavy (non-hydrogen) atoms. The number of aryl methyl sites for hydroxylation is 2. The minimum absolute atomic E-state index is 0.209. The summed E-state index contributed by atoms with van der Waals surface area (Å²) in [7, 11) is 3.65. The summed E-state index contributed by atoms with van der Waals surface area (Å²) >= 11 is 0. The maximum Gasteiger partial charge on any atom is 0.191 e. The largest absolute Gasteiger partial charge is 0.497 e. The molecule has 2 heterocycles. The van der Waals surface area contributed by atoms with Gasteiger partial charge < -0.3 is 20.1 Å². The predicted molar refractivity (Wildman–Crippen MR) is 124 cm³/mol. The highest BCUT2D eigenvalue weighted by atomic mass is 16.5. The van der Waals surface area contributed by atoms with Crippen LogP contribution in [0.5, 0.6) is 5.75 Å². The third-order valence-electron chi connectivity index (χ3n) is 5.45. The summed E-state index contributed by atoms with van der Waals surface area (Å²) in [4.78, 5) is 7.38. The van der Waals surface area contributed by atoms with Crippen LogP contribution < -0.4 is 15.4 Å². The number of hydrogen-bond donors (Lipinski definition) is 2. The lowest BCUT2D eigenvalue weighted by Crippen LogP contribution is -2.42. The molecular weight excluding hydrogens is 392 g/mol. The Hall–Kier alpha value is -2.58. The van der Waals surface area contributed by atoms with Crippen molar-refractivity contribution in [2.45, 2.75) is 25.8 Å². The van der Waals surface area contributed by atoms with Gasteiger partial charge in [0, 0.05) is 39.4 Å². The molecule has 1 unspecified atom stereocenters. The zero-order valence-electron chi connectivity index (χ0n) is 19.0. The van der Waals surface area contributed by atoms with Gasteiger partial charge in [0.1, 0.15) is 5.75 Å². The van der Waals surface area contributed by atoms with E-state index in [2.05, 4.69) is 45.9 Å². The summed E-state index contributed by atoms with van der Waals surface area (Å²) in [6, 6.07) is 8.54. The molecule has 8 nitrogen and oxygen atoms in total. The van der Waals surface area contributed by atoms with Crippen molar-refractivity contribution in [2.75, 3.05) is 53.0 Å². The van der Waals surface area contributed by atoms with Crippen molar-refractivity contribution >= 4 is 5.96 Å². The van der Waals surface area contributed by atoms with Crippen LogP contribution in [0, 0.1) is 0 Å². The first-order valence-electron chi connectivity index (χ1n) is 11.1. The fourth-order valence-corrected chi connectivity index (χ4v) is 3.77. The Morgan fingerprint density at radius 2 is 2.00 bits per heavy atom. The molecule has 1 aliphatic rings. The minimum atomic E-state index is 0.209. The van der Waals surface area contributed by atoms with Gasteiger partial charge in [-0.25, -0.2) is 0 Å². The van der Waals surface area contributed by atoms with Crippen LogP contribution in [0.3, 0.4) is 0 Å². The van der Waals surface area contributed by atoms with E-state index in [1.54, 1.807) is 7.11 Å². The molecule has 0 radical (unpaired) electrons. The standard InChI is InChI=1S/C23H36N6O2/c1-4-24-23(25-11-5-6-19-16-27-28(2)18-19)26-17-22(29-12-14-31-15-13-29)20-7-9-21(30-3)10-8-20/h7-10,16,18,22H,4-6,11-15,17H2,1-3H3,(H2,24,25,26). The molecule has 1 saturated heterocycles. The maximum atomic E-state index is 5.56. The number of guanidine groups is 1. The molecular formula is C23H36N6O2. The number of nitrogens with zero attached hydrogens (tertiary/aromatic N) is 4. The fourth-order valence-electron chi connectivity index (χ4n) is 3.77. The highest BCUT2D eigenvalue weighted by Gasteiger charge is 2.22. The zero-order chi connectivity index (χ0) is 21.9. The minimum Gasteiger partial charge on any atom is -0.497 e. The Labute approximate surface area is 185 Å². The van der Waals surface area contributed by atoms with Gasteiger partial charge in [0.2, 0.25) is 0 Å². The van der Waals surface area contributed by atoms with E-state index < -0.39 is 0 Å². The third kappa shape index (κ3) is 7.25. The number of methoxy groups -OCH3 is 1. The molecule has 0 bridgehead atoms. The maximum absolute atomic E-state index is 5.56. The molecule has 1 aromatic carbocycles. The molecule has 0 aliphatic carbocycles. The average molecular weight is 429 g/mol. The van der Waals surface area contributed by atoms with Gasteiger partial charge in [-0.1, -0.05) is 12.1 Å². The van der Waals surface area contributed by atoms with Crippen molar-refractivity contribution in [3.8, 4) is 5.75 Å². The average Bonchev–Trinajstić information content (AvgIpc) is 3.22. The van der Waals surface area contributed by atoms with E-state index in [1.807, 2.05) is 30.1 Å². The second-order valence-corrected chi connectivity index (χ2v) is 7.71. The lowest BCUT2D eigenvalue weighted by molar-refractivity contribution is 0.0179. The lowest BCUT2D eigenvalue weighted by atomic mass is 10.0. The normalized spacial score (nSPS) is 16.2. The van der Waals surface area contributed by atoms with Crippen LogP contribution >= 0.6 is 0 Å². The van der Waals surface area contributed by atoms with Crippen molar-refractivity contribution in [3.63, 3.8) is 0 Å². The first kappa shape index (κ1) is 23.1. The SMILES string of the molecule is CCNC(=NCC(c1ccc(OC)cc1)N1CCOCC1)NCCCc1cnn(C)c1. The first-order chi connectivity index (χ1) is 15.2. The Kier molecular flexibility index (Phi) is 9.17. The molecule has 1 aliphatic heterocycles. The van der Waals surface area contributed by atoms with Gasteiger partial charge in [-0.2, -0.15) is 5.10 Å². The molecule has 0 saturated carbocycles. The topological polar surface area (TPSA) is 75.9 Å². The zero-order valence-corrected chi connectivity index (χ0v) is 19.0. The van der Waals surface area contributed by atoms with Gasteiger partial charge in [0.05, 0.1) is 39.1 Å². The Bertz CT molecular complexity index is 799. The smallest absolute Gasteiger partial charge is 0.191 e. The summed E-state index contributed by atoms with van der Waals surface area (Å²) in [6.07, 6.45) is 6.03. The van der Waals surface area contributed by atoms with E-state index in [0.717, 1.165) is 63.9 Å². The quantitative estimate of drug-likeness (QED) is 0.342. The monoisotopic (exact) mass is 428 g/mol. The van der Waals surface area contributed by atoms with Crippen LogP contribution in [0.1, 0.15) is 30.5 Å². The van der Waals surface area contributed by atoms with Crippen molar-refractivity contribution in [1.82, 2.24) is 25.3 Å². The number of aromatic nitrogens is 2. The van der Waals surface area contributed by atoms with E-state index in [-0.39, 0.29) is 6.04 Å². The molecule has 0 spiro atoms. The molecule has 8 heteroatoms. The Morgan fingerprint density at radius 1 is 1.23 bits per heavy atom. The number of morpholine rings is 1. The number of rotatable bonds is 10. The van der Waals surface area contributed by atoms with Gasteiger partial charge in [0.15, 0.2) is 5.96 Å². The number of benzene rings is 1. The Morgan fingerprint density at radius 3 is 2.65 bits per heavy atom. The molecule has 2 N–H and O–H groups in total. The Balaban J connectivity index is 1.61. The molecule has 0 amide bonds. The lowest BCUT2D eigenvalue weighted by Gasteiger charge is -2.34. The van der Waals surface area contributed by atoms with Crippen LogP contribution in [0.25, 0.3) is 0 Å². The van der Waals surface area contributed by atoms with E-state index in [9.17, 15) is 0 Å². The summed E-state index contributed by atoms with van der Waals surface area (Å²) in [5, 5.41) is 11.1. The summed E-state index contributed by atoms with van der Waals surface area (Å²) in [5.74, 6) is 1.73. The van der Waals surface area contributed by atoms with Crippen molar-refractivity contribution < 1.29 is 9.47 Å². The number of ether oxygens (including phenoxy) is 2. The molecule has 170 valence electrons. The highest BCUT2D eigenvalue weighted by molar-refractivity contribution is 5.79. The molecule has 3 rings (SSSR count). The summed E-state index contributed by atoms with van der Waals surface area (Å²) < 4.78 is 12.7. The molecule has 1 fully saturated rings. The van der Waals surface area contributed by atoms with E-state index in [0.29, 0.717) is 6.54 Å². The van der Waals surface area contributed by atoms with Crippen LogP contribution in [0.4, 0.5) is 0 Å². The van der Waals surface area contributed by atoms with Crippen LogP contribution in [-0.2, 0) is 18.2 Å². The second kappa shape index (κ2) is 12.3. The number of nitrogens with one attached hydrogen (secondary N) is 2. The van der Waals surface area contributed by atoms with Gasteiger partial charge in [-0.3, -0.25) is 14.6 Å². The predicted octanol–water partition coefficient (Wildman–Crippen LogP) is 1.99. The number of aliphatic imine (C=N–C) groups is 1. The third-order valence-corrected chi connectivity index (χ3v) is 5.45. The second-order valence-electron chi connectivity index (χ2n) is 7.71. The van der Waals surface area contributed by atoms with Gasteiger partial charge in [-0.15, -0.1) is 0 Å². The van der Waals surface area contributed by atoms with Gasteiger partial charge in [-0.05, 0) is 43.0 Å². The molecule has 1 aromatic heterocycles. The van der Waals surface area contributed by atoms with Crippen LogP contribution in [0.2, 0.25) is 0 Å². The van der Waals surface area contributed by atoms with Crippen molar-refractivity contribution in [3.05, 3.63) is 47.8 Å².